The van der Waals surface area contributed by atoms with Crippen molar-refractivity contribution in [1.82, 2.24) is 19.4 Å². The standard InChI is InChI=1S/C23H28N4O4/c1-2-11-25-12-5-9-23(10-14-25)17-27(15-18-6-3-4-7-19(18)31-23)21(29)16-26-13-8-20(28)24-22(26)30/h2-4,6-8,13H,1,5,9-12,14-17H2,(H,24,28,30). The number of H-pyrrole nitrogens is 1. The van der Waals surface area contributed by atoms with Gasteiger partial charge in [0.1, 0.15) is 17.9 Å². The van der Waals surface area contributed by atoms with E-state index < -0.39 is 16.9 Å². The summed E-state index contributed by atoms with van der Waals surface area (Å²) in [5.41, 5.74) is -0.591. The highest BCUT2D eigenvalue weighted by molar-refractivity contribution is 5.76. The van der Waals surface area contributed by atoms with Crippen molar-refractivity contribution in [3.63, 3.8) is 0 Å². The largest absolute Gasteiger partial charge is 0.485 e. The summed E-state index contributed by atoms with van der Waals surface area (Å²) in [5.74, 6) is 0.636. The van der Waals surface area contributed by atoms with Crippen molar-refractivity contribution < 1.29 is 9.53 Å². The minimum absolute atomic E-state index is 0.129. The third kappa shape index (κ3) is 4.80. The van der Waals surface area contributed by atoms with Gasteiger partial charge in [0, 0.05) is 43.9 Å². The maximum atomic E-state index is 13.2. The van der Waals surface area contributed by atoms with Crippen LogP contribution in [0.25, 0.3) is 0 Å². The molecule has 4 rings (SSSR count). The third-order valence-corrected chi connectivity index (χ3v) is 6.07. The molecular formula is C23H28N4O4. The normalized spacial score (nSPS) is 21.6. The number of amides is 1. The van der Waals surface area contributed by atoms with E-state index in [2.05, 4.69) is 16.5 Å². The second-order valence-electron chi connectivity index (χ2n) is 8.32. The first kappa shape index (κ1) is 21.1. The lowest BCUT2D eigenvalue weighted by Gasteiger charge is -2.35. The topological polar surface area (TPSA) is 87.6 Å². The number of hydrogen-bond acceptors (Lipinski definition) is 5. The lowest BCUT2D eigenvalue weighted by molar-refractivity contribution is -0.135. The van der Waals surface area contributed by atoms with E-state index in [1.165, 1.54) is 16.8 Å². The highest BCUT2D eigenvalue weighted by Crippen LogP contribution is 2.35. The Bertz CT molecular complexity index is 1080. The summed E-state index contributed by atoms with van der Waals surface area (Å²) in [6, 6.07) is 9.07. The number of likely N-dealkylation sites (tertiary alicyclic amines) is 1. The van der Waals surface area contributed by atoms with E-state index in [0.29, 0.717) is 13.1 Å². The lowest BCUT2D eigenvalue weighted by Crippen LogP contribution is -2.49. The van der Waals surface area contributed by atoms with Gasteiger partial charge in [-0.2, -0.15) is 0 Å². The Morgan fingerprint density at radius 3 is 2.84 bits per heavy atom. The molecule has 1 amide bonds. The zero-order valence-corrected chi connectivity index (χ0v) is 17.6. The van der Waals surface area contributed by atoms with Crippen LogP contribution in [-0.2, 0) is 17.9 Å². The maximum Gasteiger partial charge on any atom is 0.328 e. The van der Waals surface area contributed by atoms with E-state index in [1.54, 1.807) is 4.90 Å². The number of fused-ring (bicyclic) bond motifs is 1. The molecule has 31 heavy (non-hydrogen) atoms. The van der Waals surface area contributed by atoms with Gasteiger partial charge in [-0.25, -0.2) is 4.79 Å². The van der Waals surface area contributed by atoms with Crippen molar-refractivity contribution >= 4 is 5.91 Å². The summed E-state index contributed by atoms with van der Waals surface area (Å²) in [5, 5.41) is 0. The SMILES string of the molecule is C=CCN1CCCC2(CC1)CN(C(=O)Cn1ccc(=O)[nH]c1=O)Cc1ccccc1O2. The molecule has 0 bridgehead atoms. The van der Waals surface area contributed by atoms with Crippen LogP contribution < -0.4 is 16.0 Å². The van der Waals surface area contributed by atoms with E-state index in [9.17, 15) is 14.4 Å². The zero-order valence-electron chi connectivity index (χ0n) is 17.6. The summed E-state index contributed by atoms with van der Waals surface area (Å²) in [6.45, 7) is 7.28. The molecule has 1 unspecified atom stereocenters. The summed E-state index contributed by atoms with van der Waals surface area (Å²) in [7, 11) is 0. The van der Waals surface area contributed by atoms with Gasteiger partial charge in [0.25, 0.3) is 5.56 Å². The molecule has 1 N–H and O–H groups in total. The number of nitrogens with zero attached hydrogens (tertiary/aromatic N) is 3. The van der Waals surface area contributed by atoms with E-state index in [1.807, 2.05) is 30.3 Å². The van der Waals surface area contributed by atoms with Gasteiger partial charge in [0.15, 0.2) is 0 Å². The fraction of sp³-hybridized carbons (Fsp3) is 0.435. The molecule has 1 atom stereocenters. The van der Waals surface area contributed by atoms with Crippen LogP contribution in [0.2, 0.25) is 0 Å². The first-order chi connectivity index (χ1) is 15.0. The summed E-state index contributed by atoms with van der Waals surface area (Å²) in [6.07, 6.45) is 5.89. The first-order valence-electron chi connectivity index (χ1n) is 10.7. The number of carbonyl (C=O) groups excluding carboxylic acids is 1. The van der Waals surface area contributed by atoms with Gasteiger partial charge >= 0.3 is 5.69 Å². The van der Waals surface area contributed by atoms with E-state index in [0.717, 1.165) is 50.2 Å². The molecule has 1 aromatic heterocycles. The fourth-order valence-corrected chi connectivity index (χ4v) is 4.45. The van der Waals surface area contributed by atoms with Crippen LogP contribution in [0.15, 0.2) is 58.8 Å². The number of carbonyl (C=O) groups is 1. The van der Waals surface area contributed by atoms with E-state index in [-0.39, 0.29) is 12.5 Å². The van der Waals surface area contributed by atoms with Crippen molar-refractivity contribution in [2.45, 2.75) is 38.0 Å². The number of aromatic amines is 1. The van der Waals surface area contributed by atoms with Crippen LogP contribution in [0.4, 0.5) is 0 Å². The number of ether oxygens (including phenoxy) is 1. The molecule has 2 aliphatic heterocycles. The molecule has 0 saturated carbocycles. The van der Waals surface area contributed by atoms with E-state index >= 15 is 0 Å². The Hall–Kier alpha value is -3.13. The van der Waals surface area contributed by atoms with Crippen molar-refractivity contribution in [1.29, 1.82) is 0 Å². The van der Waals surface area contributed by atoms with Crippen LogP contribution in [0.3, 0.4) is 0 Å². The molecular weight excluding hydrogens is 396 g/mol. The summed E-state index contributed by atoms with van der Waals surface area (Å²) >= 11 is 0. The maximum absolute atomic E-state index is 13.2. The van der Waals surface area contributed by atoms with Crippen LogP contribution in [0, 0.1) is 0 Å². The van der Waals surface area contributed by atoms with Gasteiger partial charge in [-0.05, 0) is 25.5 Å². The Labute approximate surface area is 180 Å². The predicted molar refractivity (Wildman–Crippen MR) is 117 cm³/mol. The molecule has 1 saturated heterocycles. The summed E-state index contributed by atoms with van der Waals surface area (Å²) in [4.78, 5) is 43.0. The van der Waals surface area contributed by atoms with Crippen molar-refractivity contribution in [2.24, 2.45) is 0 Å². The number of rotatable bonds is 4. The second kappa shape index (κ2) is 8.93. The minimum atomic E-state index is -0.587. The van der Waals surface area contributed by atoms with Gasteiger partial charge in [-0.3, -0.25) is 24.0 Å². The lowest BCUT2D eigenvalue weighted by atomic mass is 9.93. The Kier molecular flexibility index (Phi) is 6.08. The Morgan fingerprint density at radius 2 is 2.03 bits per heavy atom. The molecule has 1 spiro atoms. The molecule has 8 nitrogen and oxygen atoms in total. The molecule has 0 radical (unpaired) electrons. The molecule has 2 aromatic rings. The number of hydrogen-bond donors (Lipinski definition) is 1. The average Bonchev–Trinajstić information content (AvgIpc) is 3.04. The van der Waals surface area contributed by atoms with Crippen LogP contribution in [-0.4, -0.2) is 57.0 Å². The Morgan fingerprint density at radius 1 is 1.19 bits per heavy atom. The van der Waals surface area contributed by atoms with Gasteiger partial charge in [-0.1, -0.05) is 24.3 Å². The monoisotopic (exact) mass is 424 g/mol. The Balaban J connectivity index is 1.61. The second-order valence-corrected chi connectivity index (χ2v) is 8.32. The van der Waals surface area contributed by atoms with Gasteiger partial charge < -0.3 is 9.64 Å². The minimum Gasteiger partial charge on any atom is -0.485 e. The highest BCUT2D eigenvalue weighted by atomic mass is 16.5. The van der Waals surface area contributed by atoms with E-state index in [4.69, 9.17) is 4.74 Å². The third-order valence-electron chi connectivity index (χ3n) is 6.07. The molecule has 1 aromatic carbocycles. The fourth-order valence-electron chi connectivity index (χ4n) is 4.45. The molecule has 2 aliphatic rings. The predicted octanol–water partition coefficient (Wildman–Crippen LogP) is 1.37. The number of para-hydroxylation sites is 1. The average molecular weight is 425 g/mol. The quantitative estimate of drug-likeness (QED) is 0.749. The first-order valence-corrected chi connectivity index (χ1v) is 10.7. The number of nitrogens with one attached hydrogen (secondary N) is 1. The van der Waals surface area contributed by atoms with Crippen LogP contribution in [0.5, 0.6) is 5.75 Å². The number of aromatic nitrogens is 2. The van der Waals surface area contributed by atoms with Gasteiger partial charge in [0.2, 0.25) is 5.91 Å². The zero-order chi connectivity index (χ0) is 21.8. The van der Waals surface area contributed by atoms with Crippen molar-refractivity contribution in [2.75, 3.05) is 26.2 Å². The van der Waals surface area contributed by atoms with Crippen molar-refractivity contribution in [3.05, 3.63) is 75.6 Å². The van der Waals surface area contributed by atoms with Crippen LogP contribution >= 0.6 is 0 Å². The van der Waals surface area contributed by atoms with Crippen molar-refractivity contribution in [3.8, 4) is 5.75 Å². The molecule has 8 heteroatoms. The molecule has 1 fully saturated rings. The highest BCUT2D eigenvalue weighted by Gasteiger charge is 2.40. The molecule has 164 valence electrons. The summed E-state index contributed by atoms with van der Waals surface area (Å²) < 4.78 is 7.83. The molecule has 3 heterocycles. The number of benzene rings is 1. The molecule has 0 aliphatic carbocycles. The van der Waals surface area contributed by atoms with Crippen LogP contribution in [0.1, 0.15) is 24.8 Å². The van der Waals surface area contributed by atoms with Gasteiger partial charge in [-0.15, -0.1) is 6.58 Å². The smallest absolute Gasteiger partial charge is 0.328 e. The van der Waals surface area contributed by atoms with Gasteiger partial charge in [0.05, 0.1) is 6.54 Å².